The quantitative estimate of drug-likeness (QED) is 0.224. The van der Waals surface area contributed by atoms with Crippen molar-refractivity contribution in [3.8, 4) is 0 Å². The van der Waals surface area contributed by atoms with Crippen molar-refractivity contribution >= 4 is 36.6 Å². The summed E-state index contributed by atoms with van der Waals surface area (Å²) in [5.74, 6) is -0.270. The van der Waals surface area contributed by atoms with Crippen molar-refractivity contribution in [3.63, 3.8) is 0 Å². The molecule has 0 atom stereocenters. The Morgan fingerprint density at radius 1 is 0.735 bits per heavy atom. The summed E-state index contributed by atoms with van der Waals surface area (Å²) in [6, 6.07) is 35.8. The van der Waals surface area contributed by atoms with Crippen molar-refractivity contribution in [1.82, 2.24) is 0 Å². The van der Waals surface area contributed by atoms with Crippen LogP contribution < -0.4 is 35.2 Å². The fraction of sp³-hybridized carbons (Fsp3) is 0.214. The number of carbonyl (C=O) groups is 1. The molecule has 1 aliphatic rings. The zero-order valence-corrected chi connectivity index (χ0v) is 25.2. The summed E-state index contributed by atoms with van der Waals surface area (Å²) in [4.78, 5) is 10.5. The summed E-state index contributed by atoms with van der Waals surface area (Å²) >= 11 is 0. The third-order valence-electron chi connectivity index (χ3n) is 5.36. The predicted octanol–water partition coefficient (Wildman–Crippen LogP) is 0.0513. The second kappa shape index (κ2) is 18.7. The summed E-state index contributed by atoms with van der Waals surface area (Å²) in [5, 5.41) is 5.46. The van der Waals surface area contributed by atoms with E-state index in [0.29, 0.717) is 0 Å². The van der Waals surface area contributed by atoms with Gasteiger partial charge in [-0.15, -0.1) is 29.7 Å². The molecule has 1 N–H and O–H groups in total. The molecule has 34 heavy (non-hydrogen) atoms. The molecule has 0 bridgehead atoms. The number of benzene rings is 3. The summed E-state index contributed by atoms with van der Waals surface area (Å²) in [6.07, 6.45) is 5.47. The van der Waals surface area contributed by atoms with Crippen LogP contribution in [0, 0.1) is 5.92 Å². The van der Waals surface area contributed by atoms with Gasteiger partial charge in [0.15, 0.2) is 0 Å². The Kier molecular flexibility index (Phi) is 17.8. The van der Waals surface area contributed by atoms with Crippen molar-refractivity contribution in [3.05, 3.63) is 109 Å². The van der Waals surface area contributed by atoms with Gasteiger partial charge in [-0.25, -0.2) is 0 Å². The fourth-order valence-electron chi connectivity index (χ4n) is 3.64. The molecule has 5 rings (SSSR count). The monoisotopic (exact) mass is 673 g/mol. The molecule has 1 saturated carbocycles. The number of nitrogens with one attached hydrogen (secondary N) is 1. The topological polar surface area (TPSA) is 40.9 Å². The molecule has 174 valence electrons. The molecule has 2 nitrogen and oxygen atoms in total. The summed E-state index contributed by atoms with van der Waals surface area (Å²) < 4.78 is 0. The van der Waals surface area contributed by atoms with Crippen LogP contribution >= 0.6 is 0 Å². The number of rotatable bonds is 3. The molecule has 4 aromatic carbocycles. The summed E-state index contributed by atoms with van der Waals surface area (Å²) in [5.41, 5.74) is 6.83. The fourth-order valence-corrected chi connectivity index (χ4v) is 4.70. The molecule has 0 heterocycles. The Morgan fingerprint density at radius 2 is 1.24 bits per heavy atom. The number of halogens is 2. The molecular formula is C28H29Cl2HfNOSi. The van der Waals surface area contributed by atoms with Crippen molar-refractivity contribution in [2.24, 2.45) is 5.92 Å². The summed E-state index contributed by atoms with van der Waals surface area (Å²) in [6.45, 7) is 0. The van der Waals surface area contributed by atoms with Crippen LogP contribution in [0.25, 0.3) is 16.5 Å². The van der Waals surface area contributed by atoms with Gasteiger partial charge >= 0.3 is 25.8 Å². The van der Waals surface area contributed by atoms with Crippen molar-refractivity contribution in [2.75, 3.05) is 0 Å². The Labute approximate surface area is 237 Å². The van der Waals surface area contributed by atoms with Gasteiger partial charge < -0.3 is 35.3 Å². The predicted molar refractivity (Wildman–Crippen MR) is 133 cm³/mol. The van der Waals surface area contributed by atoms with Crippen molar-refractivity contribution < 1.29 is 55.5 Å². The molecule has 6 heteroatoms. The first-order chi connectivity index (χ1) is 15.2. The number of fused-ring (bicyclic) bond motifs is 1. The van der Waals surface area contributed by atoms with E-state index < -0.39 is 0 Å². The van der Waals surface area contributed by atoms with Gasteiger partial charge in [-0.1, -0.05) is 96.4 Å². The minimum atomic E-state index is -0.352. The Bertz CT molecular complexity index is 970. The normalized spacial score (nSPS) is 12.2. The van der Waals surface area contributed by atoms with E-state index in [1.165, 1.54) is 27.6 Å². The maximum Gasteiger partial charge on any atom is 4.00 e. The standard InChI is InChI=1S/C12H10Si.C9H7.C7H13NO.2ClH.Hf/c1-3-7-11(8-4-1)13-12-9-5-2-6-10-12;1-2-5-9-7-3-6-8(9)4-1;8-7(9)6-4-2-1-3-5-6;;;/h1-10H;1-7H;6H,1-5H2,(H2,8,9);2*1H;/q;-1;;;;+4/p-3. The van der Waals surface area contributed by atoms with E-state index in [2.05, 4.69) is 103 Å². The van der Waals surface area contributed by atoms with Crippen molar-refractivity contribution in [2.45, 2.75) is 32.1 Å². The van der Waals surface area contributed by atoms with Gasteiger partial charge in [0.1, 0.15) is 9.52 Å². The molecule has 1 amide bonds. The van der Waals surface area contributed by atoms with Gasteiger partial charge in [0.2, 0.25) is 0 Å². The first-order valence-corrected chi connectivity index (χ1v) is 12.0. The van der Waals surface area contributed by atoms with Crippen LogP contribution in [0.3, 0.4) is 0 Å². The maximum absolute atomic E-state index is 10.5. The average Bonchev–Trinajstić information content (AvgIpc) is 3.31. The van der Waals surface area contributed by atoms with E-state index >= 15 is 0 Å². The molecule has 1 aliphatic carbocycles. The van der Waals surface area contributed by atoms with Crippen LogP contribution in [0.1, 0.15) is 32.1 Å². The molecule has 1 fully saturated rings. The van der Waals surface area contributed by atoms with Crippen LogP contribution in [0.2, 0.25) is 0 Å². The molecule has 4 aromatic rings. The molecule has 0 aliphatic heterocycles. The molecule has 0 spiro atoms. The van der Waals surface area contributed by atoms with Gasteiger partial charge in [-0.05, 0) is 12.8 Å². The van der Waals surface area contributed by atoms with Crippen molar-refractivity contribution in [1.29, 1.82) is 0 Å². The van der Waals surface area contributed by atoms with Crippen LogP contribution in [0.4, 0.5) is 0 Å². The second-order valence-electron chi connectivity index (χ2n) is 7.71. The third kappa shape index (κ3) is 11.7. The number of carbonyl (C=O) groups excluding carboxylic acids is 1. The first-order valence-electron chi connectivity index (χ1n) is 11.0. The Hall–Kier alpha value is -1.59. The average molecular weight is 673 g/mol. The maximum atomic E-state index is 10.5. The second-order valence-corrected chi connectivity index (χ2v) is 9.12. The van der Waals surface area contributed by atoms with E-state index in [4.69, 9.17) is 5.73 Å². The van der Waals surface area contributed by atoms with Gasteiger partial charge in [0, 0.05) is 5.92 Å². The van der Waals surface area contributed by atoms with Gasteiger partial charge in [-0.3, -0.25) is 0 Å². The Balaban J connectivity index is 0.000000471. The number of hydrogen-bond acceptors (Lipinski definition) is 1. The SMILES string of the molecule is [Cl-].[Cl-].[Hf+4].[NH-]C(=O)C1CCCCC1.c1ccc([Si]c2ccccc2)cc1.c1ccc2[cH-]ccc2c1. The largest absolute Gasteiger partial charge is 4.00 e. The zero-order chi connectivity index (χ0) is 21.7. The van der Waals surface area contributed by atoms with Crippen LogP contribution in [0.15, 0.2) is 103 Å². The first kappa shape index (κ1) is 32.4. The van der Waals surface area contributed by atoms with Crippen LogP contribution in [0.5, 0.6) is 0 Å². The van der Waals surface area contributed by atoms with E-state index in [9.17, 15) is 4.79 Å². The van der Waals surface area contributed by atoms with Gasteiger partial charge in [-0.2, -0.15) is 17.5 Å². The Morgan fingerprint density at radius 3 is 1.71 bits per heavy atom. The van der Waals surface area contributed by atoms with Gasteiger partial charge in [0.25, 0.3) is 0 Å². The smallest absolute Gasteiger partial charge is 1.00 e. The zero-order valence-electron chi connectivity index (χ0n) is 19.1. The number of amides is 1. The minimum Gasteiger partial charge on any atom is -1.00 e. The van der Waals surface area contributed by atoms with E-state index in [0.717, 1.165) is 35.2 Å². The minimum absolute atomic E-state index is 0. The summed E-state index contributed by atoms with van der Waals surface area (Å²) in [7, 11) is 0.777. The third-order valence-corrected chi connectivity index (χ3v) is 6.60. The number of hydrogen-bond donors (Lipinski definition) is 0. The van der Waals surface area contributed by atoms with Gasteiger partial charge in [0.05, 0.1) is 5.91 Å². The molecular weight excluding hydrogens is 644 g/mol. The van der Waals surface area contributed by atoms with E-state index in [-0.39, 0.29) is 62.5 Å². The molecule has 0 saturated heterocycles. The molecule has 2 radical (unpaired) electrons. The van der Waals surface area contributed by atoms with Crippen LogP contribution in [-0.2, 0) is 30.6 Å². The van der Waals surface area contributed by atoms with E-state index in [1.54, 1.807) is 0 Å². The molecule has 0 unspecified atom stereocenters. The molecule has 0 aromatic heterocycles. The van der Waals surface area contributed by atoms with Crippen LogP contribution in [-0.4, -0.2) is 15.4 Å². The van der Waals surface area contributed by atoms with E-state index in [1.807, 2.05) is 0 Å².